The Morgan fingerprint density at radius 2 is 1.93 bits per heavy atom. The molecule has 1 amide bonds. The van der Waals surface area contributed by atoms with Crippen molar-refractivity contribution in [1.29, 1.82) is 0 Å². The van der Waals surface area contributed by atoms with Crippen LogP contribution in [-0.2, 0) is 4.79 Å². The molecule has 0 radical (unpaired) electrons. The molecule has 8 nitrogen and oxygen atoms in total. The average Bonchev–Trinajstić information content (AvgIpc) is 3.11. The third-order valence-electron chi connectivity index (χ3n) is 3.91. The van der Waals surface area contributed by atoms with Crippen molar-refractivity contribution in [2.75, 3.05) is 31.2 Å². The SMILES string of the molecule is Br.CC(C)(SC(=O)c1ccccc1)C(=O)[N-]c1c[n+](N2CCNCC2)no1. The number of aromatic nitrogens is 2. The van der Waals surface area contributed by atoms with Gasteiger partial charge in [0.1, 0.15) is 5.88 Å². The largest absolute Gasteiger partial charge is 0.587 e. The van der Waals surface area contributed by atoms with Gasteiger partial charge in [-0.15, -0.1) is 17.0 Å². The lowest BCUT2D eigenvalue weighted by Crippen LogP contribution is -2.64. The molecule has 0 aliphatic carbocycles. The second-order valence-electron chi connectivity index (χ2n) is 6.35. The molecule has 0 spiro atoms. The van der Waals surface area contributed by atoms with Crippen LogP contribution in [0.1, 0.15) is 24.2 Å². The highest BCUT2D eigenvalue weighted by molar-refractivity contribution is 8.93. The zero-order chi connectivity index (χ0) is 18.6. The molecule has 146 valence electrons. The molecule has 1 saturated heterocycles. The number of hydrogen-bond donors (Lipinski definition) is 1. The van der Waals surface area contributed by atoms with Gasteiger partial charge in [0.25, 0.3) is 6.20 Å². The Balaban J connectivity index is 0.00000261. The highest BCUT2D eigenvalue weighted by Gasteiger charge is 2.28. The fraction of sp³-hybridized carbons (Fsp3) is 0.412. The summed E-state index contributed by atoms with van der Waals surface area (Å²) in [6.07, 6.45) is 1.57. The van der Waals surface area contributed by atoms with E-state index in [0.717, 1.165) is 37.9 Å². The molecule has 0 unspecified atom stereocenters. The molecule has 1 fully saturated rings. The molecular weight excluding hydrogens is 434 g/mol. The summed E-state index contributed by atoms with van der Waals surface area (Å²) in [7, 11) is 0. The number of rotatable bonds is 5. The summed E-state index contributed by atoms with van der Waals surface area (Å²) in [6.45, 7) is 6.64. The number of hydrogen-bond acceptors (Lipinski definition) is 7. The quantitative estimate of drug-likeness (QED) is 0.688. The summed E-state index contributed by atoms with van der Waals surface area (Å²) in [6, 6.07) is 8.86. The number of carbonyl (C=O) groups is 2. The minimum Gasteiger partial charge on any atom is -0.587 e. The number of amides is 1. The number of halogens is 1. The molecular formula is C17H22BrN5O3S. The van der Waals surface area contributed by atoms with E-state index in [0.29, 0.717) is 5.56 Å². The van der Waals surface area contributed by atoms with Crippen molar-refractivity contribution in [1.82, 2.24) is 10.6 Å². The topological polar surface area (TPSA) is 93.4 Å². The Morgan fingerprint density at radius 1 is 1.26 bits per heavy atom. The minimum absolute atomic E-state index is 0. The van der Waals surface area contributed by atoms with Gasteiger partial charge in [0.15, 0.2) is 0 Å². The van der Waals surface area contributed by atoms with Crippen LogP contribution < -0.4 is 15.1 Å². The van der Waals surface area contributed by atoms with Crippen LogP contribution in [0.25, 0.3) is 5.32 Å². The summed E-state index contributed by atoms with van der Waals surface area (Å²) in [5, 5.41) is 13.0. The summed E-state index contributed by atoms with van der Waals surface area (Å²) >= 11 is 0.947. The van der Waals surface area contributed by atoms with E-state index < -0.39 is 10.7 Å². The molecule has 1 aliphatic rings. The van der Waals surface area contributed by atoms with Crippen molar-refractivity contribution in [2.45, 2.75) is 18.6 Å². The molecule has 27 heavy (non-hydrogen) atoms. The van der Waals surface area contributed by atoms with E-state index in [4.69, 9.17) is 4.52 Å². The Labute approximate surface area is 172 Å². The van der Waals surface area contributed by atoms with E-state index in [1.54, 1.807) is 49.1 Å². The predicted molar refractivity (Wildman–Crippen MR) is 108 cm³/mol. The average molecular weight is 456 g/mol. The monoisotopic (exact) mass is 455 g/mol. The molecule has 1 aliphatic heterocycles. The van der Waals surface area contributed by atoms with Gasteiger partial charge in [0, 0.05) is 18.7 Å². The molecule has 2 heterocycles. The third kappa shape index (κ3) is 5.53. The number of piperazine rings is 1. The number of benzene rings is 1. The van der Waals surface area contributed by atoms with Gasteiger partial charge in [-0.25, -0.2) is 0 Å². The van der Waals surface area contributed by atoms with Crippen molar-refractivity contribution < 1.29 is 18.9 Å². The van der Waals surface area contributed by atoms with E-state index in [-0.39, 0.29) is 28.0 Å². The van der Waals surface area contributed by atoms with E-state index in [1.165, 1.54) is 0 Å². The van der Waals surface area contributed by atoms with Crippen molar-refractivity contribution in [3.63, 3.8) is 0 Å². The first-order valence-corrected chi connectivity index (χ1v) is 9.16. The lowest BCUT2D eigenvalue weighted by atomic mass is 10.2. The van der Waals surface area contributed by atoms with E-state index >= 15 is 0 Å². The van der Waals surface area contributed by atoms with E-state index in [9.17, 15) is 9.59 Å². The molecule has 0 atom stereocenters. The van der Waals surface area contributed by atoms with Crippen molar-refractivity contribution in [2.24, 2.45) is 0 Å². The molecule has 2 aromatic rings. The van der Waals surface area contributed by atoms with Gasteiger partial charge >= 0.3 is 0 Å². The lowest BCUT2D eigenvalue weighted by Gasteiger charge is -2.28. The second kappa shape index (κ2) is 9.34. The Morgan fingerprint density at radius 3 is 2.59 bits per heavy atom. The second-order valence-corrected chi connectivity index (χ2v) is 7.94. The van der Waals surface area contributed by atoms with Gasteiger partial charge in [-0.2, -0.15) is 5.01 Å². The van der Waals surface area contributed by atoms with Gasteiger partial charge in [0.2, 0.25) is 10.4 Å². The van der Waals surface area contributed by atoms with Gasteiger partial charge < -0.3 is 20.0 Å². The third-order valence-corrected chi connectivity index (χ3v) is 5.02. The highest BCUT2D eigenvalue weighted by Crippen LogP contribution is 2.33. The maximum Gasteiger partial charge on any atom is 0.257 e. The molecule has 1 aromatic carbocycles. The standard InChI is InChI=1S/C17H21N5O3S.BrH/c1-17(2,26-15(23)13-6-4-3-5-7-13)16(24)19-14-12-22(20-25-14)21-10-8-18-9-11-21;/h3-7,12,18H,8-11H2,1-2H3;1H. The molecule has 3 rings (SSSR count). The molecule has 0 saturated carbocycles. The predicted octanol–water partition coefficient (Wildman–Crippen LogP) is 1.97. The van der Waals surface area contributed by atoms with Crippen LogP contribution in [0.4, 0.5) is 5.88 Å². The summed E-state index contributed by atoms with van der Waals surface area (Å²) in [5.41, 5.74) is 0.551. The van der Waals surface area contributed by atoms with Crippen molar-refractivity contribution >= 4 is 45.6 Å². The van der Waals surface area contributed by atoms with Crippen LogP contribution in [0.2, 0.25) is 0 Å². The first kappa shape index (κ1) is 21.4. The lowest BCUT2D eigenvalue weighted by molar-refractivity contribution is -0.758. The van der Waals surface area contributed by atoms with Crippen LogP contribution in [0.3, 0.4) is 0 Å². The maximum atomic E-state index is 12.5. The van der Waals surface area contributed by atoms with Crippen LogP contribution in [0.15, 0.2) is 41.1 Å². The van der Waals surface area contributed by atoms with Crippen LogP contribution in [-0.4, -0.2) is 47.2 Å². The normalized spacial score (nSPS) is 14.4. The molecule has 10 heteroatoms. The molecule has 1 aromatic heterocycles. The Bertz CT molecular complexity index is 778. The Kier molecular flexibility index (Phi) is 7.40. The van der Waals surface area contributed by atoms with Gasteiger partial charge in [-0.3, -0.25) is 4.79 Å². The first-order chi connectivity index (χ1) is 12.5. The van der Waals surface area contributed by atoms with E-state index in [1.807, 2.05) is 11.1 Å². The number of nitrogens with one attached hydrogen (secondary N) is 1. The number of nitrogens with zero attached hydrogens (tertiary/aromatic N) is 4. The van der Waals surface area contributed by atoms with Gasteiger partial charge in [0.05, 0.1) is 28.5 Å². The fourth-order valence-corrected chi connectivity index (χ4v) is 3.26. The Hall–Kier alpha value is -1.91. The van der Waals surface area contributed by atoms with Gasteiger partial charge in [-0.1, -0.05) is 42.1 Å². The number of carbonyl (C=O) groups excluding carboxylic acids is 2. The summed E-state index contributed by atoms with van der Waals surface area (Å²) in [5.74, 6) is -0.329. The minimum atomic E-state index is -1.01. The highest BCUT2D eigenvalue weighted by atomic mass is 79.9. The number of thioether (sulfide) groups is 1. The van der Waals surface area contributed by atoms with Crippen LogP contribution in [0, 0.1) is 0 Å². The first-order valence-electron chi connectivity index (χ1n) is 8.35. The van der Waals surface area contributed by atoms with Crippen LogP contribution in [0.5, 0.6) is 0 Å². The van der Waals surface area contributed by atoms with Crippen molar-refractivity contribution in [3.05, 3.63) is 47.4 Å². The zero-order valence-electron chi connectivity index (χ0n) is 15.1. The smallest absolute Gasteiger partial charge is 0.257 e. The maximum absolute atomic E-state index is 12.5. The molecule has 0 bridgehead atoms. The molecule has 1 N–H and O–H groups in total. The van der Waals surface area contributed by atoms with Crippen molar-refractivity contribution in [3.8, 4) is 0 Å². The van der Waals surface area contributed by atoms with Crippen LogP contribution >= 0.6 is 28.7 Å². The summed E-state index contributed by atoms with van der Waals surface area (Å²) < 4.78 is 4.13. The zero-order valence-corrected chi connectivity index (χ0v) is 17.7. The van der Waals surface area contributed by atoms with Gasteiger partial charge in [-0.05, 0) is 13.8 Å². The fourth-order valence-electron chi connectivity index (χ4n) is 2.41. The summed E-state index contributed by atoms with van der Waals surface area (Å²) in [4.78, 5) is 26.4. The van der Waals surface area contributed by atoms with E-state index in [2.05, 4.69) is 15.9 Å².